The fourth-order valence-corrected chi connectivity index (χ4v) is 6.39. The van der Waals surface area contributed by atoms with Gasteiger partial charge in [0.05, 0.1) is 15.8 Å². The number of hydrogen-bond donors (Lipinski definition) is 0. The van der Waals surface area contributed by atoms with Crippen LogP contribution in [0.5, 0.6) is 0 Å². The molecule has 0 N–H and O–H groups in total. The molecule has 3 aromatic rings. The number of sulfonamides is 1. The molecule has 2 fully saturated rings. The lowest BCUT2D eigenvalue weighted by Crippen LogP contribution is -2.35. The normalized spacial score (nSPS) is 25.1. The Labute approximate surface area is 167 Å². The van der Waals surface area contributed by atoms with E-state index in [2.05, 4.69) is 10.1 Å². The highest BCUT2D eigenvalue weighted by Gasteiger charge is 2.56. The summed E-state index contributed by atoms with van der Waals surface area (Å²) in [6.07, 6.45) is 3.46. The fourth-order valence-electron chi connectivity index (χ4n) is 4.82. The Morgan fingerprint density at radius 2 is 2.17 bits per heavy atom. The molecule has 0 bridgehead atoms. The lowest BCUT2D eigenvalue weighted by Gasteiger charge is -2.24. The number of aryl methyl sites for hydroxylation is 2. The molecule has 1 saturated carbocycles. The summed E-state index contributed by atoms with van der Waals surface area (Å²) in [6, 6.07) is 4.56. The van der Waals surface area contributed by atoms with Gasteiger partial charge in [0, 0.05) is 32.6 Å². The molecule has 2 aromatic heterocycles. The van der Waals surface area contributed by atoms with Crippen LogP contribution >= 0.6 is 0 Å². The monoisotopic (exact) mass is 418 g/mol. The van der Waals surface area contributed by atoms with Gasteiger partial charge in [0.1, 0.15) is 0 Å². The number of nitrogens with zero attached hydrogens (tertiary/aromatic N) is 4. The van der Waals surface area contributed by atoms with Gasteiger partial charge in [-0.25, -0.2) is 13.2 Å². The number of oxazole rings is 1. The minimum absolute atomic E-state index is 0.122. The predicted octanol–water partition coefficient (Wildman–Crippen LogP) is 1.82. The first-order chi connectivity index (χ1) is 13.8. The van der Waals surface area contributed by atoms with Gasteiger partial charge >= 0.3 is 5.76 Å². The quantitative estimate of drug-likeness (QED) is 0.635. The van der Waals surface area contributed by atoms with Crippen LogP contribution in [0.3, 0.4) is 0 Å². The van der Waals surface area contributed by atoms with Crippen LogP contribution in [0, 0.1) is 5.92 Å². The zero-order valence-corrected chi connectivity index (χ0v) is 17.1. The van der Waals surface area contributed by atoms with Crippen LogP contribution in [-0.4, -0.2) is 40.5 Å². The standard InChI is InChI=1S/C19H22N4O5S/c1-3-16-20-17(21-28-16)19-8-4-5-12(19)10-23(11-19)29(25,26)13-6-7-14-15(9-13)27-18(24)22(14)2/h6-7,9,12H,3-5,8,10-11H2,1-2H3. The van der Waals surface area contributed by atoms with Crippen molar-refractivity contribution in [1.82, 2.24) is 19.0 Å². The van der Waals surface area contributed by atoms with Crippen molar-refractivity contribution in [2.24, 2.45) is 13.0 Å². The molecule has 154 valence electrons. The summed E-state index contributed by atoms with van der Waals surface area (Å²) in [4.78, 5) is 16.4. The smallest absolute Gasteiger partial charge is 0.408 e. The van der Waals surface area contributed by atoms with Crippen molar-refractivity contribution in [2.45, 2.75) is 42.9 Å². The molecule has 1 aromatic carbocycles. The molecule has 5 rings (SSSR count). The van der Waals surface area contributed by atoms with Gasteiger partial charge in [-0.15, -0.1) is 0 Å². The van der Waals surface area contributed by atoms with Crippen molar-refractivity contribution in [2.75, 3.05) is 13.1 Å². The molecule has 9 nitrogen and oxygen atoms in total. The Kier molecular flexibility index (Phi) is 4.01. The Balaban J connectivity index is 1.52. The molecular formula is C19H22N4O5S. The molecule has 29 heavy (non-hydrogen) atoms. The van der Waals surface area contributed by atoms with E-state index < -0.39 is 21.2 Å². The lowest BCUT2D eigenvalue weighted by molar-refractivity contribution is 0.329. The summed E-state index contributed by atoms with van der Waals surface area (Å²) in [6.45, 7) is 2.71. The minimum atomic E-state index is -3.74. The molecule has 0 spiro atoms. The Bertz CT molecular complexity index is 1260. The second-order valence-corrected chi connectivity index (χ2v) is 9.90. The minimum Gasteiger partial charge on any atom is -0.408 e. The maximum Gasteiger partial charge on any atom is 0.419 e. The summed E-state index contributed by atoms with van der Waals surface area (Å²) < 4.78 is 40.1. The van der Waals surface area contributed by atoms with E-state index in [1.165, 1.54) is 21.0 Å². The first-order valence-corrected chi connectivity index (χ1v) is 11.2. The first kappa shape index (κ1) is 18.6. The molecule has 0 radical (unpaired) electrons. The van der Waals surface area contributed by atoms with Crippen molar-refractivity contribution >= 4 is 21.1 Å². The van der Waals surface area contributed by atoms with Crippen molar-refractivity contribution < 1.29 is 17.4 Å². The highest BCUT2D eigenvalue weighted by atomic mass is 32.2. The predicted molar refractivity (Wildman–Crippen MR) is 103 cm³/mol. The molecular weight excluding hydrogens is 396 g/mol. The number of rotatable bonds is 4. The van der Waals surface area contributed by atoms with E-state index >= 15 is 0 Å². The maximum absolute atomic E-state index is 13.4. The zero-order valence-electron chi connectivity index (χ0n) is 16.3. The summed E-state index contributed by atoms with van der Waals surface area (Å²) >= 11 is 0. The maximum atomic E-state index is 13.4. The summed E-state index contributed by atoms with van der Waals surface area (Å²) in [7, 11) is -2.16. The van der Waals surface area contributed by atoms with Gasteiger partial charge in [0.25, 0.3) is 0 Å². The number of aromatic nitrogens is 3. The van der Waals surface area contributed by atoms with Gasteiger partial charge in [0.15, 0.2) is 11.4 Å². The van der Waals surface area contributed by atoms with Crippen LogP contribution in [-0.2, 0) is 28.9 Å². The van der Waals surface area contributed by atoms with Gasteiger partial charge in [-0.2, -0.15) is 9.29 Å². The first-order valence-electron chi connectivity index (χ1n) is 9.78. The van der Waals surface area contributed by atoms with Gasteiger partial charge in [-0.3, -0.25) is 4.57 Å². The van der Waals surface area contributed by atoms with E-state index in [0.29, 0.717) is 36.7 Å². The van der Waals surface area contributed by atoms with Crippen LogP contribution < -0.4 is 5.76 Å². The van der Waals surface area contributed by atoms with E-state index in [4.69, 9.17) is 8.94 Å². The van der Waals surface area contributed by atoms with Crippen molar-refractivity contribution in [3.05, 3.63) is 40.5 Å². The van der Waals surface area contributed by atoms with Crippen LogP contribution in [0.15, 0.2) is 36.8 Å². The van der Waals surface area contributed by atoms with Crippen molar-refractivity contribution in [1.29, 1.82) is 0 Å². The summed E-state index contributed by atoms with van der Waals surface area (Å²) in [5.74, 6) is 0.843. The van der Waals surface area contributed by atoms with E-state index in [9.17, 15) is 13.2 Å². The largest absolute Gasteiger partial charge is 0.419 e. The Morgan fingerprint density at radius 3 is 2.93 bits per heavy atom. The average molecular weight is 418 g/mol. The average Bonchev–Trinajstić information content (AvgIpc) is 3.44. The highest BCUT2D eigenvalue weighted by Crippen LogP contribution is 2.50. The molecule has 0 amide bonds. The third kappa shape index (κ3) is 2.62. The molecule has 1 aliphatic heterocycles. The third-order valence-corrected chi connectivity index (χ3v) is 8.26. The van der Waals surface area contributed by atoms with Crippen molar-refractivity contribution in [3.8, 4) is 0 Å². The lowest BCUT2D eigenvalue weighted by atomic mass is 9.80. The third-order valence-electron chi connectivity index (χ3n) is 6.46. The van der Waals surface area contributed by atoms with Gasteiger partial charge in [-0.05, 0) is 30.9 Å². The highest BCUT2D eigenvalue weighted by molar-refractivity contribution is 7.89. The van der Waals surface area contributed by atoms with Crippen LogP contribution in [0.25, 0.3) is 11.1 Å². The molecule has 1 aliphatic carbocycles. The van der Waals surface area contributed by atoms with E-state index in [0.717, 1.165) is 19.3 Å². The van der Waals surface area contributed by atoms with Gasteiger partial charge in [-0.1, -0.05) is 18.5 Å². The van der Waals surface area contributed by atoms with E-state index in [1.54, 1.807) is 13.1 Å². The van der Waals surface area contributed by atoms with E-state index in [-0.39, 0.29) is 16.4 Å². The van der Waals surface area contributed by atoms with Crippen molar-refractivity contribution in [3.63, 3.8) is 0 Å². The molecule has 1 saturated heterocycles. The molecule has 10 heteroatoms. The molecule has 2 unspecified atom stereocenters. The Morgan fingerprint density at radius 1 is 1.34 bits per heavy atom. The topological polar surface area (TPSA) is 111 Å². The SMILES string of the molecule is CCc1nc(C23CCCC2CN(S(=O)(=O)c2ccc4c(c2)oc(=O)n4C)C3)no1. The summed E-state index contributed by atoms with van der Waals surface area (Å²) in [5.41, 5.74) is 0.425. The Hall–Kier alpha value is -2.46. The molecule has 2 aliphatic rings. The van der Waals surface area contributed by atoms with Crippen LogP contribution in [0.1, 0.15) is 37.9 Å². The molecule has 3 heterocycles. The van der Waals surface area contributed by atoms with E-state index in [1.807, 2.05) is 6.92 Å². The summed E-state index contributed by atoms with van der Waals surface area (Å²) in [5, 5.41) is 4.18. The second-order valence-electron chi connectivity index (χ2n) is 7.96. The number of benzene rings is 1. The fraction of sp³-hybridized carbons (Fsp3) is 0.526. The second kappa shape index (κ2) is 6.27. The van der Waals surface area contributed by atoms with Gasteiger partial charge < -0.3 is 8.94 Å². The zero-order chi connectivity index (χ0) is 20.4. The molecule has 2 atom stereocenters. The number of fused-ring (bicyclic) bond motifs is 2. The van der Waals surface area contributed by atoms with Crippen LogP contribution in [0.4, 0.5) is 0 Å². The van der Waals surface area contributed by atoms with Crippen LogP contribution in [0.2, 0.25) is 0 Å². The number of hydrogen-bond acceptors (Lipinski definition) is 7. The van der Waals surface area contributed by atoms with Gasteiger partial charge in [0.2, 0.25) is 15.9 Å².